The highest BCUT2D eigenvalue weighted by Gasteiger charge is 2.15. The maximum Gasteiger partial charge on any atom is 0.287 e. The molecule has 0 aliphatic heterocycles. The van der Waals surface area contributed by atoms with E-state index in [1.165, 1.54) is 24.8 Å². The Morgan fingerprint density at radius 2 is 1.97 bits per heavy atom. The second-order valence-electron chi connectivity index (χ2n) is 6.96. The number of carbonyl (C=O) groups excluding carboxylic acids is 1. The summed E-state index contributed by atoms with van der Waals surface area (Å²) in [6.45, 7) is 5.16. The molecule has 7 heteroatoms. The summed E-state index contributed by atoms with van der Waals surface area (Å²) in [7, 11) is 1.44. The molecule has 2 N–H and O–H groups in total. The first-order valence-corrected chi connectivity index (χ1v) is 9.91. The fourth-order valence-electron chi connectivity index (χ4n) is 3.26. The molecule has 0 atom stereocenters. The first kappa shape index (κ1) is 21.4. The Hall–Kier alpha value is -3.32. The first-order chi connectivity index (χ1) is 14.5. The van der Waals surface area contributed by atoms with E-state index in [1.54, 1.807) is 0 Å². The van der Waals surface area contributed by atoms with Gasteiger partial charge in [-0.2, -0.15) is 0 Å². The lowest BCUT2D eigenvalue weighted by molar-refractivity contribution is 0.0924. The van der Waals surface area contributed by atoms with E-state index in [1.807, 2.05) is 18.2 Å². The zero-order valence-corrected chi connectivity index (χ0v) is 17.2. The average Bonchev–Trinajstić information content (AvgIpc) is 2.75. The Morgan fingerprint density at radius 1 is 1.20 bits per heavy atom. The van der Waals surface area contributed by atoms with Crippen LogP contribution < -0.4 is 15.5 Å². The molecule has 0 saturated carbocycles. The van der Waals surface area contributed by atoms with Crippen LogP contribution in [0.1, 0.15) is 29.5 Å². The van der Waals surface area contributed by atoms with Gasteiger partial charge in [0.2, 0.25) is 0 Å². The van der Waals surface area contributed by atoms with Crippen LogP contribution in [0.3, 0.4) is 0 Å². The summed E-state index contributed by atoms with van der Waals surface area (Å²) in [5.74, 6) is -0.485. The molecule has 2 aromatic carbocycles. The van der Waals surface area contributed by atoms with Crippen LogP contribution in [-0.4, -0.2) is 42.7 Å². The number of ether oxygens (including phenoxy) is 1. The second-order valence-corrected chi connectivity index (χ2v) is 6.96. The number of amides is 1. The molecule has 3 rings (SSSR count). The van der Waals surface area contributed by atoms with Crippen molar-refractivity contribution >= 4 is 16.9 Å². The fourth-order valence-corrected chi connectivity index (χ4v) is 3.26. The van der Waals surface area contributed by atoms with Gasteiger partial charge in [-0.3, -0.25) is 14.5 Å². The maximum absolute atomic E-state index is 12.4. The van der Waals surface area contributed by atoms with Crippen molar-refractivity contribution in [3.63, 3.8) is 0 Å². The highest BCUT2D eigenvalue weighted by atomic mass is 16.5. The van der Waals surface area contributed by atoms with Gasteiger partial charge in [-0.15, -0.1) is 0 Å². The van der Waals surface area contributed by atoms with Crippen LogP contribution in [0.2, 0.25) is 0 Å². The lowest BCUT2D eigenvalue weighted by Gasteiger charge is -2.20. The zero-order valence-electron chi connectivity index (χ0n) is 17.2. The molecular weight excluding hydrogens is 384 g/mol. The Balaban J connectivity index is 1.59. The third-order valence-corrected chi connectivity index (χ3v) is 4.88. The molecule has 0 fully saturated rings. The molecule has 1 amide bonds. The van der Waals surface area contributed by atoms with E-state index < -0.39 is 11.3 Å². The van der Waals surface area contributed by atoms with Gasteiger partial charge in [0.25, 0.3) is 5.91 Å². The second kappa shape index (κ2) is 9.93. The number of benzene rings is 2. The minimum Gasteiger partial charge on any atom is -0.507 e. The van der Waals surface area contributed by atoms with Crippen LogP contribution in [0.4, 0.5) is 0 Å². The quantitative estimate of drug-likeness (QED) is 0.527. The average molecular weight is 410 g/mol. The molecule has 0 spiro atoms. The van der Waals surface area contributed by atoms with Gasteiger partial charge < -0.3 is 19.6 Å². The van der Waals surface area contributed by atoms with Crippen molar-refractivity contribution in [3.8, 4) is 11.5 Å². The van der Waals surface area contributed by atoms with E-state index in [0.717, 1.165) is 32.1 Å². The fraction of sp³-hybridized carbons (Fsp3) is 0.304. The Labute approximate surface area is 174 Å². The Morgan fingerprint density at radius 3 is 2.67 bits per heavy atom. The van der Waals surface area contributed by atoms with Gasteiger partial charge in [0, 0.05) is 37.8 Å². The van der Waals surface area contributed by atoms with Gasteiger partial charge in [0.15, 0.2) is 11.2 Å². The van der Waals surface area contributed by atoms with Crippen molar-refractivity contribution in [1.29, 1.82) is 0 Å². The molecule has 1 aromatic heterocycles. The number of fused-ring (bicyclic) bond motifs is 1. The number of nitrogens with one attached hydrogen (secondary N) is 1. The molecule has 0 aliphatic rings. The van der Waals surface area contributed by atoms with Crippen LogP contribution in [0.25, 0.3) is 11.0 Å². The topological polar surface area (TPSA) is 92.0 Å². The number of aromatic hydroxyl groups is 1. The number of nitrogens with zero attached hydrogens (tertiary/aromatic N) is 1. The lowest BCUT2D eigenvalue weighted by atomic mass is 10.2. The van der Waals surface area contributed by atoms with E-state index in [2.05, 4.69) is 29.3 Å². The molecule has 0 radical (unpaired) electrons. The summed E-state index contributed by atoms with van der Waals surface area (Å²) in [6.07, 6.45) is 0.763. The molecule has 0 aliphatic carbocycles. The number of methoxy groups -OCH3 is 1. The van der Waals surface area contributed by atoms with Crippen LogP contribution in [-0.2, 0) is 6.54 Å². The number of phenolic OH excluding ortho intramolecular Hbond substituents is 1. The smallest absolute Gasteiger partial charge is 0.287 e. The number of phenols is 1. The van der Waals surface area contributed by atoms with Crippen molar-refractivity contribution in [2.75, 3.05) is 26.7 Å². The predicted octanol–water partition coefficient (Wildman–Crippen LogP) is 3.15. The summed E-state index contributed by atoms with van der Waals surface area (Å²) >= 11 is 0. The maximum atomic E-state index is 12.4. The van der Waals surface area contributed by atoms with E-state index in [0.29, 0.717) is 12.3 Å². The highest BCUT2D eigenvalue weighted by Crippen LogP contribution is 2.28. The van der Waals surface area contributed by atoms with Crippen molar-refractivity contribution in [3.05, 3.63) is 70.1 Å². The van der Waals surface area contributed by atoms with Crippen molar-refractivity contribution in [2.24, 2.45) is 0 Å². The van der Waals surface area contributed by atoms with Crippen molar-refractivity contribution in [2.45, 2.75) is 19.9 Å². The van der Waals surface area contributed by atoms with E-state index in [4.69, 9.17) is 9.15 Å². The van der Waals surface area contributed by atoms with E-state index in [-0.39, 0.29) is 22.5 Å². The van der Waals surface area contributed by atoms with Crippen LogP contribution in [0.15, 0.2) is 57.7 Å². The lowest BCUT2D eigenvalue weighted by Crippen LogP contribution is -2.30. The van der Waals surface area contributed by atoms with Crippen LogP contribution >= 0.6 is 0 Å². The van der Waals surface area contributed by atoms with Gasteiger partial charge in [-0.1, -0.05) is 37.3 Å². The minimum atomic E-state index is -0.485. The summed E-state index contributed by atoms with van der Waals surface area (Å²) < 4.78 is 10.6. The van der Waals surface area contributed by atoms with Crippen molar-refractivity contribution < 1.29 is 19.1 Å². The van der Waals surface area contributed by atoms with E-state index in [9.17, 15) is 14.7 Å². The molecule has 0 bridgehead atoms. The number of hydrogen-bond acceptors (Lipinski definition) is 6. The van der Waals surface area contributed by atoms with Gasteiger partial charge >= 0.3 is 0 Å². The molecular formula is C23H26N2O5. The van der Waals surface area contributed by atoms with Crippen molar-refractivity contribution in [1.82, 2.24) is 10.2 Å². The number of carbonyl (C=O) groups is 1. The molecule has 0 saturated heterocycles. The first-order valence-electron chi connectivity index (χ1n) is 9.91. The largest absolute Gasteiger partial charge is 0.507 e. The summed E-state index contributed by atoms with van der Waals surface area (Å²) in [6, 6.07) is 14.1. The third kappa shape index (κ3) is 5.18. The monoisotopic (exact) mass is 410 g/mol. The van der Waals surface area contributed by atoms with Crippen LogP contribution in [0.5, 0.6) is 11.5 Å². The Kier molecular flexibility index (Phi) is 7.08. The molecule has 0 unspecified atom stereocenters. The van der Waals surface area contributed by atoms with Gasteiger partial charge in [0.05, 0.1) is 7.11 Å². The number of rotatable bonds is 9. The molecule has 7 nitrogen and oxygen atoms in total. The summed E-state index contributed by atoms with van der Waals surface area (Å²) in [5, 5.41) is 12.8. The summed E-state index contributed by atoms with van der Waals surface area (Å²) in [4.78, 5) is 27.0. The highest BCUT2D eigenvalue weighted by molar-refractivity contribution is 5.94. The normalized spacial score (nSPS) is 11.0. The molecule has 158 valence electrons. The predicted molar refractivity (Wildman–Crippen MR) is 115 cm³/mol. The SMILES string of the molecule is CCN(CCCNC(=O)c1cc(=O)c2c(O)cc(OC)cc2o1)Cc1ccccc1. The summed E-state index contributed by atoms with van der Waals surface area (Å²) in [5.41, 5.74) is 0.867. The van der Waals surface area contributed by atoms with Gasteiger partial charge in [0.1, 0.15) is 22.5 Å². The third-order valence-electron chi connectivity index (χ3n) is 4.88. The van der Waals surface area contributed by atoms with Gasteiger partial charge in [-0.05, 0) is 18.5 Å². The Bertz CT molecular complexity index is 1060. The molecule has 3 aromatic rings. The zero-order chi connectivity index (χ0) is 21.5. The minimum absolute atomic E-state index is 0.0202. The van der Waals surface area contributed by atoms with Gasteiger partial charge in [-0.25, -0.2) is 0 Å². The van der Waals surface area contributed by atoms with Crippen LogP contribution in [0, 0.1) is 0 Å². The van der Waals surface area contributed by atoms with E-state index >= 15 is 0 Å². The number of hydrogen-bond donors (Lipinski definition) is 2. The molecule has 30 heavy (non-hydrogen) atoms. The molecule has 1 heterocycles. The standard InChI is InChI=1S/C23H26N2O5/c1-3-25(15-16-8-5-4-6-9-16)11-7-10-24-23(28)21-14-19(27)22-18(26)12-17(29-2)13-20(22)30-21/h4-6,8-9,12-14,26H,3,7,10-11,15H2,1-2H3,(H,24,28).